The Kier molecular flexibility index (Phi) is 7.55. The molecule has 0 aliphatic heterocycles. The summed E-state index contributed by atoms with van der Waals surface area (Å²) in [5.41, 5.74) is 23.0. The molecule has 334 valence electrons. The number of rotatable bonds is 4. The van der Waals surface area contributed by atoms with Crippen molar-refractivity contribution in [1.29, 1.82) is 0 Å². The molecule has 18 rings (SSSR count). The predicted molar refractivity (Wildman–Crippen MR) is 299 cm³/mol. The fourth-order valence-electron chi connectivity index (χ4n) is 13.8. The summed E-state index contributed by atoms with van der Waals surface area (Å²) < 4.78 is 9.89. The Morgan fingerprint density at radius 2 is 0.569 bits per heavy atom. The van der Waals surface area contributed by atoms with Crippen LogP contribution >= 0.6 is 0 Å². The molecule has 0 fully saturated rings. The van der Waals surface area contributed by atoms with Crippen LogP contribution in [0.15, 0.2) is 243 Å². The van der Waals surface area contributed by atoms with E-state index < -0.39 is 0 Å². The molecule has 0 saturated heterocycles. The minimum absolute atomic E-state index is 0.0253. The Balaban J connectivity index is 0.913. The van der Waals surface area contributed by atoms with Gasteiger partial charge < -0.3 is 18.3 Å². The lowest BCUT2D eigenvalue weighted by atomic mass is 9.59. The monoisotopic (exact) mass is 914 g/mol. The van der Waals surface area contributed by atoms with Crippen LogP contribution in [0.25, 0.3) is 110 Å². The van der Waals surface area contributed by atoms with E-state index in [1.807, 2.05) is 0 Å². The van der Waals surface area contributed by atoms with Gasteiger partial charge in [0.1, 0.15) is 0 Å². The molecule has 0 amide bonds. The number of aromatic nitrogens is 4. The van der Waals surface area contributed by atoms with Gasteiger partial charge in [-0.2, -0.15) is 0 Å². The zero-order chi connectivity index (χ0) is 46.8. The van der Waals surface area contributed by atoms with Gasteiger partial charge in [-0.1, -0.05) is 152 Å². The average molecular weight is 915 g/mol. The Labute approximate surface area is 414 Å². The van der Waals surface area contributed by atoms with E-state index >= 15 is 0 Å². The molecule has 11 aromatic carbocycles. The molecule has 0 N–H and O–H groups in total. The summed E-state index contributed by atoms with van der Waals surface area (Å²) >= 11 is 0. The minimum atomic E-state index is 0.0253. The molecular weight excluding hydrogens is 873 g/mol. The van der Waals surface area contributed by atoms with Gasteiger partial charge in [0.25, 0.3) is 0 Å². The second kappa shape index (κ2) is 14.1. The SMILES string of the molecule is c1ccc(-n2c3ccccc3c3cc(-n4c5ccccc5c5c6c(ccc54)C4c5ccccc5C6c5c4ccc4c5c5ccccc5n4-c4cccc(-n5c6ccccc6c6ccccc65)c4)ccc32)cc1. The van der Waals surface area contributed by atoms with Crippen LogP contribution in [-0.2, 0) is 0 Å². The first-order valence-electron chi connectivity index (χ1n) is 25.2. The summed E-state index contributed by atoms with van der Waals surface area (Å²) in [5.74, 6) is 0.130. The summed E-state index contributed by atoms with van der Waals surface area (Å²) in [6.07, 6.45) is 0. The molecule has 4 nitrogen and oxygen atoms in total. The van der Waals surface area contributed by atoms with Gasteiger partial charge in [-0.25, -0.2) is 0 Å². The zero-order valence-electron chi connectivity index (χ0n) is 39.0. The van der Waals surface area contributed by atoms with E-state index in [4.69, 9.17) is 0 Å². The summed E-state index contributed by atoms with van der Waals surface area (Å²) in [6.45, 7) is 0. The highest BCUT2D eigenvalue weighted by Crippen LogP contribution is 2.60. The van der Waals surface area contributed by atoms with Crippen LogP contribution in [0.4, 0.5) is 0 Å². The maximum atomic E-state index is 2.53. The molecule has 15 aromatic rings. The lowest BCUT2D eigenvalue weighted by molar-refractivity contribution is 0.768. The van der Waals surface area contributed by atoms with Crippen LogP contribution in [0, 0.1) is 0 Å². The quantitative estimate of drug-likeness (QED) is 0.168. The number of hydrogen-bond donors (Lipinski definition) is 0. The number of benzene rings is 11. The molecule has 0 radical (unpaired) electrons. The third-order valence-corrected chi connectivity index (χ3v) is 16.5. The van der Waals surface area contributed by atoms with Crippen molar-refractivity contribution >= 4 is 87.2 Å². The number of fused-ring (bicyclic) bond motifs is 12. The minimum Gasteiger partial charge on any atom is -0.309 e. The van der Waals surface area contributed by atoms with E-state index in [2.05, 4.69) is 261 Å². The van der Waals surface area contributed by atoms with E-state index in [0.29, 0.717) is 0 Å². The second-order valence-corrected chi connectivity index (χ2v) is 19.9. The van der Waals surface area contributed by atoms with Gasteiger partial charge in [0.2, 0.25) is 0 Å². The van der Waals surface area contributed by atoms with Crippen molar-refractivity contribution in [1.82, 2.24) is 18.3 Å². The van der Waals surface area contributed by atoms with Crippen molar-refractivity contribution < 1.29 is 0 Å². The number of nitrogens with zero attached hydrogens (tertiary/aromatic N) is 4. The van der Waals surface area contributed by atoms with Gasteiger partial charge in [-0.3, -0.25) is 0 Å². The van der Waals surface area contributed by atoms with Gasteiger partial charge in [0, 0.05) is 77.7 Å². The van der Waals surface area contributed by atoms with Crippen molar-refractivity contribution in [3.63, 3.8) is 0 Å². The fourth-order valence-corrected chi connectivity index (χ4v) is 13.8. The Hall–Kier alpha value is -9.38. The molecule has 0 saturated carbocycles. The van der Waals surface area contributed by atoms with Gasteiger partial charge in [0.05, 0.1) is 44.1 Å². The molecule has 4 aromatic heterocycles. The van der Waals surface area contributed by atoms with E-state index in [9.17, 15) is 0 Å². The van der Waals surface area contributed by atoms with Crippen molar-refractivity contribution in [2.75, 3.05) is 0 Å². The molecule has 2 unspecified atom stereocenters. The van der Waals surface area contributed by atoms with Crippen LogP contribution in [-0.4, -0.2) is 18.3 Å². The summed E-state index contributed by atoms with van der Waals surface area (Å²) in [5, 5.41) is 10.3. The van der Waals surface area contributed by atoms with Crippen molar-refractivity contribution in [2.45, 2.75) is 11.8 Å². The Morgan fingerprint density at radius 3 is 1.11 bits per heavy atom. The van der Waals surface area contributed by atoms with Gasteiger partial charge in [0.15, 0.2) is 0 Å². The van der Waals surface area contributed by atoms with Crippen LogP contribution in [0.2, 0.25) is 0 Å². The lowest BCUT2D eigenvalue weighted by Gasteiger charge is -2.43. The zero-order valence-corrected chi connectivity index (χ0v) is 39.0. The van der Waals surface area contributed by atoms with Crippen LogP contribution in [0.3, 0.4) is 0 Å². The fraction of sp³-hybridized carbons (Fsp3) is 0.0294. The highest BCUT2D eigenvalue weighted by molar-refractivity contribution is 6.17. The van der Waals surface area contributed by atoms with Gasteiger partial charge >= 0.3 is 0 Å². The smallest absolute Gasteiger partial charge is 0.0544 e. The molecule has 4 heterocycles. The Morgan fingerprint density at radius 1 is 0.208 bits per heavy atom. The normalized spacial score (nSPS) is 14.9. The average Bonchev–Trinajstić information content (AvgIpc) is 4.18. The van der Waals surface area contributed by atoms with Crippen molar-refractivity contribution in [3.05, 3.63) is 276 Å². The Bertz CT molecular complexity index is 4770. The van der Waals surface area contributed by atoms with Crippen molar-refractivity contribution in [3.8, 4) is 22.7 Å². The molecule has 4 heteroatoms. The van der Waals surface area contributed by atoms with E-state index in [-0.39, 0.29) is 11.8 Å². The second-order valence-electron chi connectivity index (χ2n) is 19.9. The maximum Gasteiger partial charge on any atom is 0.0544 e. The molecule has 0 spiro atoms. The molecule has 2 atom stereocenters. The maximum absolute atomic E-state index is 2.53. The van der Waals surface area contributed by atoms with Gasteiger partial charge in [-0.15, -0.1) is 0 Å². The predicted octanol–water partition coefficient (Wildman–Crippen LogP) is 17.1. The van der Waals surface area contributed by atoms with Crippen LogP contribution < -0.4 is 0 Å². The molecule has 72 heavy (non-hydrogen) atoms. The van der Waals surface area contributed by atoms with Crippen molar-refractivity contribution in [2.24, 2.45) is 0 Å². The third kappa shape index (κ3) is 4.90. The van der Waals surface area contributed by atoms with Crippen LogP contribution in [0.5, 0.6) is 0 Å². The van der Waals surface area contributed by atoms with E-state index in [0.717, 1.165) is 11.4 Å². The van der Waals surface area contributed by atoms with E-state index in [1.165, 1.54) is 132 Å². The first kappa shape index (κ1) is 38.5. The largest absolute Gasteiger partial charge is 0.309 e. The third-order valence-electron chi connectivity index (χ3n) is 16.5. The summed E-state index contributed by atoms with van der Waals surface area (Å²) in [4.78, 5) is 0. The lowest BCUT2D eigenvalue weighted by Crippen LogP contribution is -2.28. The standard InChI is InChI=1S/C68H42N4/c1-2-17-41(18-3-1)69-57-30-13-8-23-47(57)54-40-44(33-36-60(54)69)72-59-32-15-10-27-51(59)65-62(72)38-35-53-63-48-24-4-5-25-49(48)66(68(53)65)67-52(63)34-37-61-64(67)50-26-9-14-31-58(50)71(61)43-20-16-19-42(39-43)70-55-28-11-6-21-45(55)46-22-7-12-29-56(46)70/h1-40,63,66H. The van der Waals surface area contributed by atoms with E-state index in [1.54, 1.807) is 0 Å². The molecule has 3 aliphatic carbocycles. The molecule has 3 aliphatic rings. The van der Waals surface area contributed by atoms with Gasteiger partial charge in [-0.05, 0) is 124 Å². The molecular formula is C68H42N4. The molecule has 2 bridgehead atoms. The number of hydrogen-bond acceptors (Lipinski definition) is 0. The number of para-hydroxylation sites is 6. The summed E-state index contributed by atoms with van der Waals surface area (Å²) in [7, 11) is 0. The first-order chi connectivity index (χ1) is 35.8. The highest BCUT2D eigenvalue weighted by atomic mass is 15.0. The highest BCUT2D eigenvalue weighted by Gasteiger charge is 2.44. The first-order valence-corrected chi connectivity index (χ1v) is 25.2. The topological polar surface area (TPSA) is 19.7 Å². The van der Waals surface area contributed by atoms with Crippen LogP contribution in [0.1, 0.15) is 45.2 Å². The summed E-state index contributed by atoms with van der Waals surface area (Å²) in [6, 6.07) is 90.7.